The Morgan fingerprint density at radius 3 is 2.48 bits per heavy atom. The highest BCUT2D eigenvalue weighted by atomic mass is 16.5. The molecule has 0 bridgehead atoms. The molecule has 21 heavy (non-hydrogen) atoms. The Morgan fingerprint density at radius 1 is 1.14 bits per heavy atom. The maximum Gasteiger partial charge on any atom is 0.0613 e. The first-order chi connectivity index (χ1) is 10.1. The maximum absolute atomic E-state index is 9.76. The van der Waals surface area contributed by atoms with Crippen LogP contribution in [0, 0.1) is 11.8 Å². The van der Waals surface area contributed by atoms with Crippen LogP contribution in [0.4, 0.5) is 0 Å². The molecule has 4 atom stereocenters. The lowest BCUT2D eigenvalue weighted by Gasteiger charge is -2.34. The average Bonchev–Trinajstić information content (AvgIpc) is 3.30. The van der Waals surface area contributed by atoms with Crippen LogP contribution in [0.2, 0.25) is 0 Å². The van der Waals surface area contributed by atoms with Gasteiger partial charge in [0.25, 0.3) is 0 Å². The van der Waals surface area contributed by atoms with Crippen LogP contribution < -0.4 is 5.32 Å². The summed E-state index contributed by atoms with van der Waals surface area (Å²) in [5, 5.41) is 13.4. The number of aliphatic hydroxyl groups excluding tert-OH is 1. The van der Waals surface area contributed by atoms with Gasteiger partial charge >= 0.3 is 0 Å². The minimum Gasteiger partial charge on any atom is -0.394 e. The summed E-state index contributed by atoms with van der Waals surface area (Å²) < 4.78 is 6.10. The molecule has 0 saturated heterocycles. The summed E-state index contributed by atoms with van der Waals surface area (Å²) in [6.07, 6.45) is 9.85. The van der Waals surface area contributed by atoms with Crippen molar-refractivity contribution in [2.45, 2.75) is 89.8 Å². The van der Waals surface area contributed by atoms with Gasteiger partial charge in [-0.1, -0.05) is 20.8 Å². The zero-order valence-electron chi connectivity index (χ0n) is 14.2. The molecule has 0 aromatic rings. The SMILES string of the molecule is CCC(CO)(CCCOC1CCC(C)C(C)C1)NC1CC1. The van der Waals surface area contributed by atoms with E-state index in [0.29, 0.717) is 12.1 Å². The van der Waals surface area contributed by atoms with E-state index in [1.54, 1.807) is 0 Å². The predicted molar refractivity (Wildman–Crippen MR) is 87.4 cm³/mol. The minimum atomic E-state index is -0.0705. The molecule has 0 spiro atoms. The highest BCUT2D eigenvalue weighted by Gasteiger charge is 2.34. The molecule has 2 aliphatic carbocycles. The van der Waals surface area contributed by atoms with E-state index < -0.39 is 0 Å². The van der Waals surface area contributed by atoms with Gasteiger partial charge in [0, 0.05) is 18.2 Å². The van der Waals surface area contributed by atoms with Crippen molar-refractivity contribution in [2.24, 2.45) is 11.8 Å². The van der Waals surface area contributed by atoms with E-state index in [-0.39, 0.29) is 12.1 Å². The first-order valence-corrected chi connectivity index (χ1v) is 9.08. The predicted octanol–water partition coefficient (Wildman–Crippen LogP) is 3.50. The topological polar surface area (TPSA) is 41.5 Å². The van der Waals surface area contributed by atoms with Gasteiger partial charge in [-0.3, -0.25) is 0 Å². The third-order valence-corrected chi connectivity index (χ3v) is 5.77. The molecule has 4 unspecified atom stereocenters. The van der Waals surface area contributed by atoms with Crippen molar-refractivity contribution in [1.29, 1.82) is 0 Å². The van der Waals surface area contributed by atoms with E-state index >= 15 is 0 Å². The largest absolute Gasteiger partial charge is 0.394 e. The van der Waals surface area contributed by atoms with Gasteiger partial charge in [-0.05, 0) is 63.2 Å². The Labute approximate surface area is 130 Å². The van der Waals surface area contributed by atoms with Crippen LogP contribution in [-0.2, 0) is 4.74 Å². The van der Waals surface area contributed by atoms with Crippen molar-refractivity contribution < 1.29 is 9.84 Å². The number of aliphatic hydroxyl groups is 1. The van der Waals surface area contributed by atoms with E-state index in [4.69, 9.17) is 4.74 Å². The van der Waals surface area contributed by atoms with E-state index in [1.165, 1.54) is 32.1 Å². The van der Waals surface area contributed by atoms with Crippen LogP contribution >= 0.6 is 0 Å². The molecule has 2 fully saturated rings. The number of hydrogen-bond acceptors (Lipinski definition) is 3. The van der Waals surface area contributed by atoms with Gasteiger partial charge in [0.1, 0.15) is 0 Å². The van der Waals surface area contributed by atoms with Gasteiger partial charge in [0.2, 0.25) is 0 Å². The van der Waals surface area contributed by atoms with Crippen LogP contribution in [0.15, 0.2) is 0 Å². The third kappa shape index (κ3) is 5.22. The molecule has 2 rings (SSSR count). The second-order valence-corrected chi connectivity index (χ2v) is 7.57. The van der Waals surface area contributed by atoms with Crippen LogP contribution in [0.1, 0.15) is 72.1 Å². The Bertz CT molecular complexity index is 300. The van der Waals surface area contributed by atoms with Crippen molar-refractivity contribution in [1.82, 2.24) is 5.32 Å². The molecule has 3 nitrogen and oxygen atoms in total. The molecule has 2 saturated carbocycles. The number of nitrogens with one attached hydrogen (secondary N) is 1. The maximum atomic E-state index is 9.76. The van der Waals surface area contributed by atoms with Gasteiger partial charge < -0.3 is 15.2 Å². The standard InChI is InChI=1S/C18H35NO2/c1-4-18(13-20,19-16-7-8-16)10-5-11-21-17-9-6-14(2)15(3)12-17/h14-17,19-20H,4-13H2,1-3H3. The first kappa shape index (κ1) is 17.2. The van der Waals surface area contributed by atoms with E-state index in [1.807, 2.05) is 0 Å². The molecule has 0 aromatic carbocycles. The third-order valence-electron chi connectivity index (χ3n) is 5.77. The molecule has 0 radical (unpaired) electrons. The Kier molecular flexibility index (Phi) is 6.51. The summed E-state index contributed by atoms with van der Waals surface area (Å²) in [7, 11) is 0. The first-order valence-electron chi connectivity index (χ1n) is 9.08. The average molecular weight is 297 g/mol. The molecule has 0 heterocycles. The molecular weight excluding hydrogens is 262 g/mol. The van der Waals surface area contributed by atoms with Crippen molar-refractivity contribution in [3.63, 3.8) is 0 Å². The van der Waals surface area contributed by atoms with Gasteiger partial charge in [-0.15, -0.1) is 0 Å². The van der Waals surface area contributed by atoms with Crippen molar-refractivity contribution >= 4 is 0 Å². The monoisotopic (exact) mass is 297 g/mol. The lowest BCUT2D eigenvalue weighted by Crippen LogP contribution is -2.49. The lowest BCUT2D eigenvalue weighted by molar-refractivity contribution is -0.00265. The quantitative estimate of drug-likeness (QED) is 0.640. The molecule has 0 aliphatic heterocycles. The van der Waals surface area contributed by atoms with Crippen LogP contribution in [-0.4, -0.2) is 36.0 Å². The summed E-state index contributed by atoms with van der Waals surface area (Å²) in [6.45, 7) is 7.99. The zero-order valence-corrected chi connectivity index (χ0v) is 14.2. The van der Waals surface area contributed by atoms with Crippen molar-refractivity contribution in [3.8, 4) is 0 Å². The molecule has 3 heteroatoms. The van der Waals surface area contributed by atoms with Gasteiger partial charge in [-0.25, -0.2) is 0 Å². The lowest BCUT2D eigenvalue weighted by atomic mass is 9.80. The minimum absolute atomic E-state index is 0.0705. The summed E-state index contributed by atoms with van der Waals surface area (Å²) in [5.41, 5.74) is -0.0705. The zero-order chi connectivity index (χ0) is 15.3. The second-order valence-electron chi connectivity index (χ2n) is 7.57. The van der Waals surface area contributed by atoms with E-state index in [9.17, 15) is 5.11 Å². The number of rotatable bonds is 9. The summed E-state index contributed by atoms with van der Waals surface area (Å²) >= 11 is 0. The normalized spacial score (nSPS) is 32.9. The fourth-order valence-electron chi connectivity index (χ4n) is 3.56. The fourth-order valence-corrected chi connectivity index (χ4v) is 3.56. The Morgan fingerprint density at radius 2 is 1.90 bits per heavy atom. The van der Waals surface area contributed by atoms with E-state index in [2.05, 4.69) is 26.1 Å². The summed E-state index contributed by atoms with van der Waals surface area (Å²) in [4.78, 5) is 0. The smallest absolute Gasteiger partial charge is 0.0613 e. The number of hydrogen-bond donors (Lipinski definition) is 2. The van der Waals surface area contributed by atoms with Crippen LogP contribution in [0.5, 0.6) is 0 Å². The van der Waals surface area contributed by atoms with Gasteiger partial charge in [-0.2, -0.15) is 0 Å². The fraction of sp³-hybridized carbons (Fsp3) is 1.00. The van der Waals surface area contributed by atoms with Crippen molar-refractivity contribution in [3.05, 3.63) is 0 Å². The summed E-state index contributed by atoms with van der Waals surface area (Å²) in [6, 6.07) is 0.652. The molecule has 124 valence electrons. The van der Waals surface area contributed by atoms with Crippen LogP contribution in [0.25, 0.3) is 0 Å². The molecular formula is C18H35NO2. The highest BCUT2D eigenvalue weighted by molar-refractivity contribution is 4.94. The molecule has 0 amide bonds. The van der Waals surface area contributed by atoms with Crippen molar-refractivity contribution in [2.75, 3.05) is 13.2 Å². The van der Waals surface area contributed by atoms with E-state index in [0.717, 1.165) is 37.7 Å². The molecule has 2 N–H and O–H groups in total. The molecule has 0 aromatic heterocycles. The van der Waals surface area contributed by atoms with Gasteiger partial charge in [0.05, 0.1) is 12.7 Å². The highest BCUT2D eigenvalue weighted by Crippen LogP contribution is 2.31. The Hall–Kier alpha value is -0.120. The van der Waals surface area contributed by atoms with Crippen LogP contribution in [0.3, 0.4) is 0 Å². The molecule has 2 aliphatic rings. The summed E-state index contributed by atoms with van der Waals surface area (Å²) in [5.74, 6) is 1.65. The van der Waals surface area contributed by atoms with Gasteiger partial charge in [0.15, 0.2) is 0 Å². The second kappa shape index (κ2) is 7.94. The number of ether oxygens (including phenoxy) is 1. The Balaban J connectivity index is 1.65.